The normalized spacial score (nSPS) is 17.5. The van der Waals surface area contributed by atoms with E-state index < -0.39 is 0 Å². The minimum absolute atomic E-state index is 0.622. The molecule has 0 aromatic heterocycles. The molecule has 0 aliphatic carbocycles. The summed E-state index contributed by atoms with van der Waals surface area (Å²) >= 11 is 2.68. The predicted molar refractivity (Wildman–Crippen MR) is 70.0 cm³/mol. The van der Waals surface area contributed by atoms with Crippen LogP contribution >= 0.6 is 31.2 Å². The molecule has 12 heavy (non-hydrogen) atoms. The molecule has 74 valence electrons. The molecule has 0 fully saturated rings. The van der Waals surface area contributed by atoms with Gasteiger partial charge in [0.1, 0.15) is 0 Å². The van der Waals surface area contributed by atoms with Gasteiger partial charge in [-0.3, -0.25) is 0 Å². The Labute approximate surface area is 93.2 Å². The zero-order valence-electron chi connectivity index (χ0n) is 8.78. The fourth-order valence-electron chi connectivity index (χ4n) is 1.29. The molecule has 0 aliphatic heterocycles. The third kappa shape index (κ3) is 5.75. The highest BCUT2D eigenvalue weighted by molar-refractivity contribution is 14.1. The maximum atomic E-state index is 2.68. The van der Waals surface area contributed by atoms with Gasteiger partial charge in [-0.2, -0.15) is 0 Å². The fourth-order valence-corrected chi connectivity index (χ4v) is 3.03. The zero-order valence-corrected chi connectivity index (χ0v) is 11.9. The van der Waals surface area contributed by atoms with Crippen LogP contribution in [-0.4, -0.2) is 9.83 Å². The number of halogens is 1. The van der Waals surface area contributed by atoms with Crippen LogP contribution in [0.3, 0.4) is 0 Å². The van der Waals surface area contributed by atoms with Gasteiger partial charge in [0.25, 0.3) is 0 Å². The van der Waals surface area contributed by atoms with Gasteiger partial charge in [0.15, 0.2) is 0 Å². The molecule has 0 heterocycles. The van der Waals surface area contributed by atoms with E-state index >= 15 is 0 Å². The maximum Gasteiger partial charge on any atom is 0.0388 e. The number of hydrogen-bond donors (Lipinski definition) is 0. The summed E-state index contributed by atoms with van der Waals surface area (Å²) in [5, 5.41) is 0. The van der Waals surface area contributed by atoms with Crippen molar-refractivity contribution in [3.8, 4) is 0 Å². The summed E-state index contributed by atoms with van der Waals surface area (Å²) in [6.45, 7) is 9.29. The maximum absolute atomic E-state index is 2.68. The Bertz CT molecular complexity index is 114. The number of alkyl halides is 1. The third-order valence-electron chi connectivity index (χ3n) is 2.21. The van der Waals surface area contributed by atoms with Crippen molar-refractivity contribution in [3.05, 3.63) is 0 Å². The van der Waals surface area contributed by atoms with Crippen molar-refractivity contribution in [1.82, 2.24) is 0 Å². The van der Waals surface area contributed by atoms with E-state index in [-0.39, 0.29) is 0 Å². The molecule has 0 aromatic carbocycles. The van der Waals surface area contributed by atoms with Gasteiger partial charge in [0, 0.05) is 3.16 Å². The number of rotatable bonds is 6. The van der Waals surface area contributed by atoms with Crippen LogP contribution in [0.25, 0.3) is 0 Å². The molecule has 0 N–H and O–H groups in total. The van der Waals surface area contributed by atoms with E-state index in [0.29, 0.717) is 3.16 Å². The topological polar surface area (TPSA) is 0 Å². The molecular weight excluding hydrogens is 278 g/mol. The van der Waals surface area contributed by atoms with Crippen molar-refractivity contribution in [3.63, 3.8) is 0 Å². The van der Waals surface area contributed by atoms with Crippen molar-refractivity contribution in [2.75, 3.05) is 6.66 Å². The monoisotopic (exact) mass is 300 g/mol. The molecule has 0 saturated heterocycles. The Kier molecular flexibility index (Phi) is 7.23. The lowest BCUT2D eigenvalue weighted by molar-refractivity contribution is 0.523. The molecule has 2 atom stereocenters. The van der Waals surface area contributed by atoms with Crippen molar-refractivity contribution in [1.29, 1.82) is 0 Å². The Balaban J connectivity index is 3.78. The molecule has 0 nitrogen and oxygen atoms in total. The van der Waals surface area contributed by atoms with Gasteiger partial charge in [0.2, 0.25) is 0 Å². The van der Waals surface area contributed by atoms with Crippen LogP contribution in [0.4, 0.5) is 0 Å². The van der Waals surface area contributed by atoms with Gasteiger partial charge < -0.3 is 0 Å². The first-order valence-electron chi connectivity index (χ1n) is 4.92. The Morgan fingerprint density at radius 1 is 1.33 bits per heavy atom. The van der Waals surface area contributed by atoms with E-state index in [1.165, 1.54) is 25.7 Å². The summed E-state index contributed by atoms with van der Waals surface area (Å²) in [5.74, 6) is 0.868. The predicted octanol–water partition coefficient (Wildman–Crippen LogP) is 4.66. The van der Waals surface area contributed by atoms with Crippen molar-refractivity contribution < 1.29 is 0 Å². The molecule has 0 aromatic rings. The van der Waals surface area contributed by atoms with E-state index in [1.807, 2.05) is 0 Å². The van der Waals surface area contributed by atoms with E-state index in [1.54, 1.807) is 0 Å². The van der Waals surface area contributed by atoms with Crippen LogP contribution < -0.4 is 0 Å². The highest BCUT2D eigenvalue weighted by atomic mass is 127. The second kappa shape index (κ2) is 6.59. The fraction of sp³-hybridized carbons (Fsp3) is 1.00. The van der Waals surface area contributed by atoms with Gasteiger partial charge in [-0.05, 0) is 31.8 Å². The smallest absolute Gasteiger partial charge is 0.0388 e. The van der Waals surface area contributed by atoms with Crippen molar-refractivity contribution >= 4 is 31.2 Å². The molecule has 0 aliphatic rings. The summed E-state index contributed by atoms with van der Waals surface area (Å²) in [7, 11) is 1.09. The lowest BCUT2D eigenvalue weighted by Crippen LogP contribution is -2.14. The molecule has 0 saturated carbocycles. The zero-order chi connectivity index (χ0) is 9.61. The van der Waals surface area contributed by atoms with Crippen molar-refractivity contribution in [2.45, 2.75) is 49.6 Å². The first kappa shape index (κ1) is 13.2. The highest BCUT2D eigenvalue weighted by Crippen LogP contribution is 2.44. The highest BCUT2D eigenvalue weighted by Gasteiger charge is 2.22. The van der Waals surface area contributed by atoms with Crippen LogP contribution in [0.15, 0.2) is 0 Å². The summed E-state index contributed by atoms with van der Waals surface area (Å²) in [6, 6.07) is 0. The first-order valence-corrected chi connectivity index (χ1v) is 7.49. The van der Waals surface area contributed by atoms with E-state index in [2.05, 4.69) is 50.0 Å². The average molecular weight is 300 g/mol. The minimum Gasteiger partial charge on any atom is -0.108 e. The Morgan fingerprint density at radius 2 is 1.92 bits per heavy atom. The molecule has 0 spiro atoms. The summed E-state index contributed by atoms with van der Waals surface area (Å²) in [5.41, 5.74) is 0. The minimum atomic E-state index is 0.622. The number of hydrogen-bond acceptors (Lipinski definition) is 0. The van der Waals surface area contributed by atoms with Crippen LogP contribution in [-0.2, 0) is 0 Å². The van der Waals surface area contributed by atoms with Crippen molar-refractivity contribution in [2.24, 2.45) is 5.92 Å². The second-order valence-corrected chi connectivity index (χ2v) is 8.44. The molecule has 2 heteroatoms. The van der Waals surface area contributed by atoms with Gasteiger partial charge in [-0.25, -0.2) is 0 Å². The molecule has 0 amide bonds. The average Bonchev–Trinajstić information content (AvgIpc) is 2.02. The van der Waals surface area contributed by atoms with Crippen LogP contribution in [0.5, 0.6) is 0 Å². The van der Waals surface area contributed by atoms with Crippen LogP contribution in [0, 0.1) is 5.92 Å². The lowest BCUT2D eigenvalue weighted by Gasteiger charge is -2.26. The van der Waals surface area contributed by atoms with Gasteiger partial charge in [-0.15, -0.1) is 8.58 Å². The third-order valence-corrected chi connectivity index (χ3v) is 6.31. The Hall–Kier alpha value is 1.16. The molecule has 0 radical (unpaired) electrons. The van der Waals surface area contributed by atoms with E-state index in [0.717, 1.165) is 14.5 Å². The quantitative estimate of drug-likeness (QED) is 0.380. The summed E-state index contributed by atoms with van der Waals surface area (Å²) in [4.78, 5) is 0. The van der Waals surface area contributed by atoms with Gasteiger partial charge >= 0.3 is 0 Å². The summed E-state index contributed by atoms with van der Waals surface area (Å²) in [6.07, 6.45) is 5.54. The molecular formula is C10H22IP. The Morgan fingerprint density at radius 3 is 2.25 bits per heavy atom. The SMILES string of the molecule is CCCC(I)(CCC(C)C)PC. The standard InChI is InChI=1S/C10H22IP/c1-5-7-10(11,12-4)8-6-9(2)3/h9,12H,5-8H2,1-4H3. The van der Waals surface area contributed by atoms with Gasteiger partial charge in [0.05, 0.1) is 0 Å². The summed E-state index contributed by atoms with van der Waals surface area (Å²) < 4.78 is 0.622. The second-order valence-electron chi connectivity index (χ2n) is 3.90. The molecule has 0 bridgehead atoms. The van der Waals surface area contributed by atoms with E-state index in [9.17, 15) is 0 Å². The molecule has 2 unspecified atom stereocenters. The lowest BCUT2D eigenvalue weighted by atomic mass is 10.0. The van der Waals surface area contributed by atoms with Crippen LogP contribution in [0.1, 0.15) is 46.5 Å². The van der Waals surface area contributed by atoms with E-state index in [4.69, 9.17) is 0 Å². The van der Waals surface area contributed by atoms with Crippen LogP contribution in [0.2, 0.25) is 0 Å². The largest absolute Gasteiger partial charge is 0.108 e. The molecule has 0 rings (SSSR count). The van der Waals surface area contributed by atoms with Gasteiger partial charge in [-0.1, -0.05) is 49.8 Å². The first-order chi connectivity index (χ1) is 5.54.